The Hall–Kier alpha value is -3.36. The zero-order valence-electron chi connectivity index (χ0n) is 16.3. The number of nitrogens with two attached hydrogens (primary N) is 1. The number of H-pyrrole nitrogens is 1. The molecular weight excluding hydrogens is 362 g/mol. The average Bonchev–Trinajstić information content (AvgIpc) is 3.02. The molecule has 3 aromatic rings. The lowest BCUT2D eigenvalue weighted by Gasteiger charge is -2.13. The number of primary amides is 1. The third-order valence-electron chi connectivity index (χ3n) is 4.58. The Labute approximate surface area is 161 Å². The van der Waals surface area contributed by atoms with Crippen molar-refractivity contribution in [3.63, 3.8) is 0 Å². The molecule has 1 aromatic carbocycles. The molecule has 0 unspecified atom stereocenters. The summed E-state index contributed by atoms with van der Waals surface area (Å²) in [5.41, 5.74) is 5.96. The molecule has 3 rings (SSSR count). The highest BCUT2D eigenvalue weighted by molar-refractivity contribution is 6.01. The summed E-state index contributed by atoms with van der Waals surface area (Å²) in [6, 6.07) is 5.06. The van der Waals surface area contributed by atoms with Gasteiger partial charge >= 0.3 is 5.69 Å². The Morgan fingerprint density at radius 3 is 2.64 bits per heavy atom. The lowest BCUT2D eigenvalue weighted by molar-refractivity contribution is 0.0996. The Balaban J connectivity index is 2.34. The number of benzene rings is 1. The summed E-state index contributed by atoms with van der Waals surface area (Å²) < 4.78 is 12.0. The molecule has 0 aliphatic heterocycles. The first kappa shape index (κ1) is 19.4. The molecule has 2 aromatic heterocycles. The number of carbonyl (C=O) groups excluding carboxylic acids is 1. The second-order valence-corrected chi connectivity index (χ2v) is 6.49. The normalized spacial score (nSPS) is 12.1. The second-order valence-electron chi connectivity index (χ2n) is 6.49. The number of rotatable bonds is 7. The van der Waals surface area contributed by atoms with Crippen LogP contribution in [-0.2, 0) is 0 Å². The van der Waals surface area contributed by atoms with Crippen LogP contribution in [0.1, 0.15) is 48.9 Å². The molecule has 0 saturated heterocycles. The number of fused-ring (bicyclic) bond motifs is 1. The number of aromatic amines is 1. The van der Waals surface area contributed by atoms with Gasteiger partial charge in [0.1, 0.15) is 22.8 Å². The van der Waals surface area contributed by atoms with Gasteiger partial charge in [0.2, 0.25) is 0 Å². The fourth-order valence-electron chi connectivity index (χ4n) is 3.16. The van der Waals surface area contributed by atoms with E-state index in [-0.39, 0.29) is 22.8 Å². The van der Waals surface area contributed by atoms with Crippen molar-refractivity contribution < 1.29 is 14.3 Å². The zero-order valence-corrected chi connectivity index (χ0v) is 16.3. The van der Waals surface area contributed by atoms with Crippen LogP contribution in [0.5, 0.6) is 11.5 Å². The Morgan fingerprint density at radius 1 is 1.29 bits per heavy atom. The van der Waals surface area contributed by atoms with Crippen LogP contribution in [-0.4, -0.2) is 39.6 Å². The predicted molar refractivity (Wildman–Crippen MR) is 104 cm³/mol. The number of nitrogens with zero attached hydrogens (tertiary/aromatic N) is 3. The quantitative estimate of drug-likeness (QED) is 0.642. The predicted octanol–water partition coefficient (Wildman–Crippen LogP) is 2.13. The molecule has 0 saturated carbocycles. The Kier molecular flexibility index (Phi) is 5.34. The van der Waals surface area contributed by atoms with Crippen LogP contribution in [0.25, 0.3) is 16.9 Å². The first-order valence-electron chi connectivity index (χ1n) is 8.96. The molecule has 0 radical (unpaired) electrons. The van der Waals surface area contributed by atoms with Gasteiger partial charge in [0.25, 0.3) is 5.91 Å². The number of methoxy groups -OCH3 is 2. The Bertz CT molecular complexity index is 1090. The summed E-state index contributed by atoms with van der Waals surface area (Å²) in [4.78, 5) is 36.3. The number of imidazole rings is 1. The Morgan fingerprint density at radius 2 is 2.04 bits per heavy atom. The number of hydrogen-bond donors (Lipinski definition) is 2. The number of aromatic nitrogens is 4. The third kappa shape index (κ3) is 3.30. The van der Waals surface area contributed by atoms with E-state index in [1.54, 1.807) is 25.3 Å². The van der Waals surface area contributed by atoms with Gasteiger partial charge in [-0.1, -0.05) is 20.3 Å². The minimum absolute atomic E-state index is 0.00344. The number of ether oxygens (including phenoxy) is 2. The number of hydrogen-bond acceptors (Lipinski definition) is 6. The maximum atomic E-state index is 12.7. The van der Waals surface area contributed by atoms with E-state index in [4.69, 9.17) is 15.2 Å². The van der Waals surface area contributed by atoms with E-state index in [0.29, 0.717) is 23.0 Å². The van der Waals surface area contributed by atoms with Gasteiger partial charge in [0.15, 0.2) is 11.3 Å². The van der Waals surface area contributed by atoms with E-state index in [1.165, 1.54) is 11.7 Å². The highest BCUT2D eigenvalue weighted by Crippen LogP contribution is 2.29. The summed E-state index contributed by atoms with van der Waals surface area (Å²) >= 11 is 0. The summed E-state index contributed by atoms with van der Waals surface area (Å²) in [6.07, 6.45) is 1.77. The molecule has 0 aliphatic carbocycles. The maximum Gasteiger partial charge on any atom is 0.332 e. The van der Waals surface area contributed by atoms with Gasteiger partial charge in [-0.3, -0.25) is 4.79 Å². The number of amides is 1. The highest BCUT2D eigenvalue weighted by atomic mass is 16.5. The average molecular weight is 385 g/mol. The highest BCUT2D eigenvalue weighted by Gasteiger charge is 2.22. The van der Waals surface area contributed by atoms with Crippen molar-refractivity contribution in [1.29, 1.82) is 0 Å². The van der Waals surface area contributed by atoms with Crippen molar-refractivity contribution in [1.82, 2.24) is 19.5 Å². The molecule has 0 bridgehead atoms. The van der Waals surface area contributed by atoms with Crippen LogP contribution in [0.4, 0.5) is 0 Å². The van der Waals surface area contributed by atoms with Gasteiger partial charge in [-0.25, -0.2) is 19.3 Å². The SMILES string of the molecule is CCC[C@H](C)c1nc(C(N)=O)c2[nH]c(=O)n(-c3ccc(OC)cc3OC)c2n1. The molecule has 9 nitrogen and oxygen atoms in total. The summed E-state index contributed by atoms with van der Waals surface area (Å²) in [6.45, 7) is 4.02. The lowest BCUT2D eigenvalue weighted by atomic mass is 10.1. The smallest absolute Gasteiger partial charge is 0.332 e. The minimum atomic E-state index is -0.729. The second kappa shape index (κ2) is 7.71. The fourth-order valence-corrected chi connectivity index (χ4v) is 3.16. The summed E-state index contributed by atoms with van der Waals surface area (Å²) in [5.74, 6) is 0.738. The molecule has 1 atom stereocenters. The monoisotopic (exact) mass is 385 g/mol. The van der Waals surface area contributed by atoms with Gasteiger partial charge in [-0.2, -0.15) is 0 Å². The molecule has 9 heteroatoms. The number of carbonyl (C=O) groups is 1. The largest absolute Gasteiger partial charge is 0.497 e. The van der Waals surface area contributed by atoms with Crippen molar-refractivity contribution in [2.45, 2.75) is 32.6 Å². The zero-order chi connectivity index (χ0) is 20.4. The van der Waals surface area contributed by atoms with Crippen LogP contribution in [0.3, 0.4) is 0 Å². The summed E-state index contributed by atoms with van der Waals surface area (Å²) in [5, 5.41) is 0. The van der Waals surface area contributed by atoms with E-state index in [2.05, 4.69) is 21.9 Å². The van der Waals surface area contributed by atoms with E-state index < -0.39 is 11.6 Å². The molecule has 0 fully saturated rings. The van der Waals surface area contributed by atoms with E-state index in [9.17, 15) is 9.59 Å². The lowest BCUT2D eigenvalue weighted by Crippen LogP contribution is -2.17. The maximum absolute atomic E-state index is 12.7. The molecule has 2 heterocycles. The number of nitrogens with one attached hydrogen (secondary N) is 1. The molecule has 0 spiro atoms. The molecular formula is C19H23N5O4. The van der Waals surface area contributed by atoms with E-state index in [0.717, 1.165) is 12.8 Å². The third-order valence-corrected chi connectivity index (χ3v) is 4.58. The van der Waals surface area contributed by atoms with Crippen molar-refractivity contribution in [2.75, 3.05) is 14.2 Å². The van der Waals surface area contributed by atoms with Gasteiger partial charge < -0.3 is 20.2 Å². The van der Waals surface area contributed by atoms with Crippen molar-refractivity contribution >= 4 is 17.1 Å². The standard InChI is InChI=1S/C19H23N5O4/c1-5-6-10(2)17-21-14(16(20)25)15-18(23-17)24(19(26)22-15)12-8-7-11(27-3)9-13(12)28-4/h7-10H,5-6H2,1-4H3,(H2,20,25)(H,22,26)/t10-/m0/s1. The topological polar surface area (TPSA) is 125 Å². The van der Waals surface area contributed by atoms with Crippen molar-refractivity contribution in [3.8, 4) is 17.2 Å². The summed E-state index contributed by atoms with van der Waals surface area (Å²) in [7, 11) is 3.04. The first-order chi connectivity index (χ1) is 13.4. The molecule has 0 aliphatic rings. The molecule has 1 amide bonds. The van der Waals surface area contributed by atoms with Crippen LogP contribution in [0.15, 0.2) is 23.0 Å². The molecule has 148 valence electrons. The van der Waals surface area contributed by atoms with E-state index in [1.807, 2.05) is 6.92 Å². The van der Waals surface area contributed by atoms with Crippen LogP contribution in [0, 0.1) is 0 Å². The molecule has 28 heavy (non-hydrogen) atoms. The van der Waals surface area contributed by atoms with Crippen molar-refractivity contribution in [2.24, 2.45) is 5.73 Å². The van der Waals surface area contributed by atoms with Gasteiger partial charge in [0.05, 0.1) is 19.9 Å². The van der Waals surface area contributed by atoms with Crippen LogP contribution >= 0.6 is 0 Å². The fraction of sp³-hybridized carbons (Fsp3) is 0.368. The van der Waals surface area contributed by atoms with Gasteiger partial charge in [-0.15, -0.1) is 0 Å². The minimum Gasteiger partial charge on any atom is -0.497 e. The van der Waals surface area contributed by atoms with Gasteiger partial charge in [0, 0.05) is 12.0 Å². The molecule has 3 N–H and O–H groups in total. The first-order valence-corrected chi connectivity index (χ1v) is 8.96. The van der Waals surface area contributed by atoms with Crippen LogP contribution in [0.2, 0.25) is 0 Å². The van der Waals surface area contributed by atoms with E-state index >= 15 is 0 Å². The van der Waals surface area contributed by atoms with Crippen molar-refractivity contribution in [3.05, 3.63) is 40.2 Å². The van der Waals surface area contributed by atoms with Gasteiger partial charge in [-0.05, 0) is 18.6 Å². The van der Waals surface area contributed by atoms with Crippen LogP contribution < -0.4 is 20.9 Å².